The van der Waals surface area contributed by atoms with Crippen molar-refractivity contribution in [1.29, 1.82) is 0 Å². The topological polar surface area (TPSA) is 47.9 Å². The molecular formula is C9H18O4. The first-order chi connectivity index (χ1) is 6.31. The molecule has 1 heterocycles. The normalized spacial score (nSPS) is 33.9. The Bertz CT molecular complexity index is 140. The number of rotatable bonds is 5. The molecule has 1 N–H and O–H groups in total. The van der Waals surface area contributed by atoms with Crippen LogP contribution in [0.15, 0.2) is 0 Å². The molecule has 0 spiro atoms. The fourth-order valence-corrected chi connectivity index (χ4v) is 1.41. The second-order valence-corrected chi connectivity index (χ2v) is 3.06. The molecule has 4 nitrogen and oxygen atoms in total. The van der Waals surface area contributed by atoms with Gasteiger partial charge in [0, 0.05) is 6.61 Å². The van der Waals surface area contributed by atoms with E-state index >= 15 is 0 Å². The van der Waals surface area contributed by atoms with Gasteiger partial charge in [0.2, 0.25) is 0 Å². The van der Waals surface area contributed by atoms with E-state index in [0.717, 1.165) is 12.8 Å². The molecule has 1 rings (SSSR count). The summed E-state index contributed by atoms with van der Waals surface area (Å²) in [5, 5.41) is 8.99. The first kappa shape index (κ1) is 10.9. The van der Waals surface area contributed by atoms with Crippen LogP contribution < -0.4 is 0 Å². The molecule has 1 fully saturated rings. The van der Waals surface area contributed by atoms with E-state index in [2.05, 4.69) is 6.92 Å². The van der Waals surface area contributed by atoms with Gasteiger partial charge in [-0.1, -0.05) is 13.3 Å². The van der Waals surface area contributed by atoms with Crippen LogP contribution in [0.2, 0.25) is 0 Å². The van der Waals surface area contributed by atoms with Gasteiger partial charge >= 0.3 is 0 Å². The molecule has 1 aliphatic rings. The molecule has 0 aliphatic carbocycles. The maximum Gasteiger partial charge on any atom is 0.272 e. The summed E-state index contributed by atoms with van der Waals surface area (Å²) in [6.07, 6.45) is 1.67. The molecule has 1 unspecified atom stereocenters. The summed E-state index contributed by atoms with van der Waals surface area (Å²) in [7, 11) is 0. The lowest BCUT2D eigenvalue weighted by Crippen LogP contribution is -2.25. The van der Waals surface area contributed by atoms with E-state index in [-0.39, 0.29) is 18.8 Å². The minimum atomic E-state index is -0.585. The molecule has 0 radical (unpaired) electrons. The molecule has 4 heteroatoms. The van der Waals surface area contributed by atoms with Crippen LogP contribution in [0, 0.1) is 0 Å². The van der Waals surface area contributed by atoms with Gasteiger partial charge in [-0.15, -0.1) is 0 Å². The summed E-state index contributed by atoms with van der Waals surface area (Å²) in [6.45, 7) is 3.92. The van der Waals surface area contributed by atoms with Crippen LogP contribution in [0.3, 0.4) is 0 Å². The molecular weight excluding hydrogens is 172 g/mol. The van der Waals surface area contributed by atoms with E-state index in [9.17, 15) is 0 Å². The van der Waals surface area contributed by atoms with E-state index in [4.69, 9.17) is 19.3 Å². The van der Waals surface area contributed by atoms with Crippen molar-refractivity contribution in [2.75, 3.05) is 13.2 Å². The van der Waals surface area contributed by atoms with Crippen molar-refractivity contribution in [1.82, 2.24) is 0 Å². The van der Waals surface area contributed by atoms with E-state index in [0.29, 0.717) is 6.61 Å². The van der Waals surface area contributed by atoms with Crippen molar-refractivity contribution in [3.63, 3.8) is 0 Å². The number of hydrogen-bond donors (Lipinski definition) is 1. The van der Waals surface area contributed by atoms with Gasteiger partial charge in [0.25, 0.3) is 6.48 Å². The average molecular weight is 190 g/mol. The fourth-order valence-electron chi connectivity index (χ4n) is 1.41. The Hall–Kier alpha value is -0.160. The lowest BCUT2D eigenvalue weighted by molar-refractivity contribution is -0.241. The zero-order valence-corrected chi connectivity index (χ0v) is 8.23. The highest BCUT2D eigenvalue weighted by Crippen LogP contribution is 2.22. The highest BCUT2D eigenvalue weighted by atomic mass is 16.9. The zero-order chi connectivity index (χ0) is 9.68. The van der Waals surface area contributed by atoms with Gasteiger partial charge in [-0.2, -0.15) is 0 Å². The van der Waals surface area contributed by atoms with Gasteiger partial charge in [0.1, 0.15) is 6.10 Å². The molecule has 78 valence electrons. The van der Waals surface area contributed by atoms with Crippen molar-refractivity contribution in [2.45, 2.75) is 45.4 Å². The van der Waals surface area contributed by atoms with Crippen molar-refractivity contribution < 1.29 is 19.3 Å². The Morgan fingerprint density at radius 1 is 1.23 bits per heavy atom. The molecule has 1 saturated heterocycles. The number of hydrogen-bond acceptors (Lipinski definition) is 4. The maximum absolute atomic E-state index is 8.99. The van der Waals surface area contributed by atoms with Crippen LogP contribution >= 0.6 is 0 Å². The molecule has 13 heavy (non-hydrogen) atoms. The van der Waals surface area contributed by atoms with E-state index in [1.807, 2.05) is 6.92 Å². The molecule has 0 aromatic rings. The average Bonchev–Trinajstić information content (AvgIpc) is 2.49. The molecule has 0 aromatic heterocycles. The van der Waals surface area contributed by atoms with Gasteiger partial charge in [0.05, 0.1) is 12.7 Å². The summed E-state index contributed by atoms with van der Waals surface area (Å²) in [5.41, 5.74) is 0. The SMILES string of the molecule is CCC[C@H]1OC(OCC)O[C@@H]1CO. The Kier molecular flexibility index (Phi) is 4.66. The number of aliphatic hydroxyl groups excluding tert-OH is 1. The Labute approximate surface area is 78.8 Å². The van der Waals surface area contributed by atoms with Crippen molar-refractivity contribution in [2.24, 2.45) is 0 Å². The van der Waals surface area contributed by atoms with Crippen LogP contribution in [-0.4, -0.2) is 37.0 Å². The third-order valence-electron chi connectivity index (χ3n) is 2.04. The van der Waals surface area contributed by atoms with E-state index in [1.165, 1.54) is 0 Å². The Morgan fingerprint density at radius 3 is 2.46 bits per heavy atom. The van der Waals surface area contributed by atoms with Gasteiger partial charge in [-0.3, -0.25) is 0 Å². The minimum absolute atomic E-state index is 0.00571. The number of aliphatic hydroxyl groups is 1. The molecule has 0 amide bonds. The molecule has 1 aliphatic heterocycles. The molecule has 0 bridgehead atoms. The quantitative estimate of drug-likeness (QED) is 0.699. The monoisotopic (exact) mass is 190 g/mol. The summed E-state index contributed by atoms with van der Waals surface area (Å²) >= 11 is 0. The van der Waals surface area contributed by atoms with Crippen LogP contribution in [0.4, 0.5) is 0 Å². The standard InChI is InChI=1S/C9H18O4/c1-3-5-7-8(6-10)13-9(12-7)11-4-2/h7-10H,3-6H2,1-2H3/t7-,8-,9?/m1/s1. The molecule has 3 atom stereocenters. The second-order valence-electron chi connectivity index (χ2n) is 3.06. The summed E-state index contributed by atoms with van der Waals surface area (Å²) in [6, 6.07) is 0. The van der Waals surface area contributed by atoms with Crippen LogP contribution in [0.25, 0.3) is 0 Å². The van der Waals surface area contributed by atoms with Gasteiger partial charge < -0.3 is 19.3 Å². The summed E-state index contributed by atoms with van der Waals surface area (Å²) in [4.78, 5) is 0. The predicted molar refractivity (Wildman–Crippen MR) is 47.2 cm³/mol. The van der Waals surface area contributed by atoms with Crippen molar-refractivity contribution >= 4 is 0 Å². The summed E-state index contributed by atoms with van der Waals surface area (Å²) in [5.74, 6) is 0. The second kappa shape index (κ2) is 5.54. The van der Waals surface area contributed by atoms with Crippen molar-refractivity contribution in [3.8, 4) is 0 Å². The predicted octanol–water partition coefficient (Wildman–Crippen LogP) is 0.883. The van der Waals surface area contributed by atoms with Crippen LogP contribution in [0.1, 0.15) is 26.7 Å². The van der Waals surface area contributed by atoms with Gasteiger partial charge in [-0.25, -0.2) is 0 Å². The zero-order valence-electron chi connectivity index (χ0n) is 8.23. The van der Waals surface area contributed by atoms with Crippen molar-refractivity contribution in [3.05, 3.63) is 0 Å². The third kappa shape index (κ3) is 2.91. The van der Waals surface area contributed by atoms with E-state index in [1.54, 1.807) is 0 Å². The first-order valence-electron chi connectivity index (χ1n) is 4.85. The lowest BCUT2D eigenvalue weighted by Gasteiger charge is -2.11. The Balaban J connectivity index is 2.36. The maximum atomic E-state index is 8.99. The van der Waals surface area contributed by atoms with Crippen LogP contribution in [0.5, 0.6) is 0 Å². The smallest absolute Gasteiger partial charge is 0.272 e. The van der Waals surface area contributed by atoms with Gasteiger partial charge in [-0.05, 0) is 13.3 Å². The summed E-state index contributed by atoms with van der Waals surface area (Å²) < 4.78 is 15.9. The lowest BCUT2D eigenvalue weighted by atomic mass is 10.1. The highest BCUT2D eigenvalue weighted by molar-refractivity contribution is 4.74. The molecule has 0 saturated carbocycles. The highest BCUT2D eigenvalue weighted by Gasteiger charge is 2.35. The first-order valence-corrected chi connectivity index (χ1v) is 4.85. The van der Waals surface area contributed by atoms with Crippen LogP contribution in [-0.2, 0) is 14.2 Å². The number of ether oxygens (including phenoxy) is 3. The Morgan fingerprint density at radius 2 is 1.92 bits per heavy atom. The molecule has 0 aromatic carbocycles. The van der Waals surface area contributed by atoms with Gasteiger partial charge in [0.15, 0.2) is 0 Å². The van der Waals surface area contributed by atoms with E-state index < -0.39 is 6.48 Å². The third-order valence-corrected chi connectivity index (χ3v) is 2.04. The largest absolute Gasteiger partial charge is 0.394 e. The fraction of sp³-hybridized carbons (Fsp3) is 1.00. The minimum Gasteiger partial charge on any atom is -0.394 e.